The van der Waals surface area contributed by atoms with E-state index >= 15 is 0 Å². The summed E-state index contributed by atoms with van der Waals surface area (Å²) in [6.07, 6.45) is 7.43. The third-order valence-electron chi connectivity index (χ3n) is 5.09. The standard InChI is InChI=1S/C19H20F2N4O/c20-17-15(3-4-16(18(17)21)14-11-22-23-12-14)13-5-9-25(10-6-13)19(26)24-7-1-2-8-24/h3-5,11-12H,1-2,6-10H2,(H,22,23). The molecule has 26 heavy (non-hydrogen) atoms. The third kappa shape index (κ3) is 2.98. The molecule has 2 amide bonds. The number of nitrogens with one attached hydrogen (secondary N) is 1. The molecule has 2 aliphatic rings. The second-order valence-corrected chi connectivity index (χ2v) is 6.68. The fourth-order valence-electron chi connectivity index (χ4n) is 3.61. The van der Waals surface area contributed by atoms with E-state index < -0.39 is 11.6 Å². The minimum Gasteiger partial charge on any atom is -0.325 e. The van der Waals surface area contributed by atoms with Crippen LogP contribution in [0, 0.1) is 11.6 Å². The molecule has 5 nitrogen and oxygen atoms in total. The molecule has 0 atom stereocenters. The number of halogens is 2. The van der Waals surface area contributed by atoms with Gasteiger partial charge in [-0.25, -0.2) is 13.6 Å². The number of likely N-dealkylation sites (tertiary alicyclic amines) is 1. The third-order valence-corrected chi connectivity index (χ3v) is 5.09. The minimum absolute atomic E-state index is 0.0414. The van der Waals surface area contributed by atoms with Crippen LogP contribution in [0.5, 0.6) is 0 Å². The van der Waals surface area contributed by atoms with E-state index in [9.17, 15) is 13.6 Å². The Labute approximate surface area is 150 Å². The van der Waals surface area contributed by atoms with Gasteiger partial charge in [0.15, 0.2) is 11.6 Å². The van der Waals surface area contributed by atoms with E-state index in [4.69, 9.17) is 0 Å². The first kappa shape index (κ1) is 16.8. The fourth-order valence-corrected chi connectivity index (χ4v) is 3.61. The molecule has 1 N–H and O–H groups in total. The Morgan fingerprint density at radius 2 is 1.77 bits per heavy atom. The molecular formula is C19H20F2N4O. The molecule has 1 fully saturated rings. The van der Waals surface area contributed by atoms with Crippen LogP contribution in [0.4, 0.5) is 13.6 Å². The maximum absolute atomic E-state index is 14.6. The topological polar surface area (TPSA) is 52.2 Å². The number of hydrogen-bond acceptors (Lipinski definition) is 2. The highest BCUT2D eigenvalue weighted by atomic mass is 19.2. The van der Waals surface area contributed by atoms with E-state index in [-0.39, 0.29) is 17.2 Å². The van der Waals surface area contributed by atoms with Gasteiger partial charge in [-0.15, -0.1) is 0 Å². The van der Waals surface area contributed by atoms with Crippen molar-refractivity contribution in [3.05, 3.63) is 47.8 Å². The van der Waals surface area contributed by atoms with Crippen molar-refractivity contribution in [2.75, 3.05) is 26.2 Å². The zero-order chi connectivity index (χ0) is 18.1. The van der Waals surface area contributed by atoms with Gasteiger partial charge in [-0.2, -0.15) is 5.10 Å². The van der Waals surface area contributed by atoms with Crippen LogP contribution in [0.25, 0.3) is 16.7 Å². The minimum atomic E-state index is -0.875. The van der Waals surface area contributed by atoms with Crippen molar-refractivity contribution >= 4 is 11.6 Å². The SMILES string of the molecule is O=C(N1CC=C(c2ccc(-c3cn[nH]c3)c(F)c2F)CC1)N1CCCC1. The van der Waals surface area contributed by atoms with Gasteiger partial charge in [0.25, 0.3) is 0 Å². The van der Waals surface area contributed by atoms with E-state index in [0.717, 1.165) is 31.5 Å². The Kier molecular flexibility index (Phi) is 4.44. The number of urea groups is 1. The predicted octanol–water partition coefficient (Wildman–Crippen LogP) is 3.66. The Balaban J connectivity index is 1.53. The van der Waals surface area contributed by atoms with Gasteiger partial charge in [-0.3, -0.25) is 5.10 Å². The number of H-pyrrole nitrogens is 1. The van der Waals surface area contributed by atoms with Crippen molar-refractivity contribution in [2.45, 2.75) is 19.3 Å². The second-order valence-electron chi connectivity index (χ2n) is 6.68. The number of aromatic amines is 1. The first-order chi connectivity index (χ1) is 12.6. The largest absolute Gasteiger partial charge is 0.325 e. The van der Waals surface area contributed by atoms with E-state index in [1.165, 1.54) is 12.4 Å². The van der Waals surface area contributed by atoms with Crippen LogP contribution in [-0.4, -0.2) is 52.2 Å². The number of carbonyl (C=O) groups excluding carboxylic acids is 1. The Morgan fingerprint density at radius 1 is 1.04 bits per heavy atom. The number of rotatable bonds is 2. The molecule has 7 heteroatoms. The van der Waals surface area contributed by atoms with Gasteiger partial charge in [0.2, 0.25) is 0 Å². The number of nitrogens with zero attached hydrogens (tertiary/aromatic N) is 3. The molecule has 0 spiro atoms. The fraction of sp³-hybridized carbons (Fsp3) is 0.368. The maximum atomic E-state index is 14.6. The van der Waals surface area contributed by atoms with Crippen LogP contribution in [0.2, 0.25) is 0 Å². The van der Waals surface area contributed by atoms with Gasteiger partial charge in [-0.1, -0.05) is 18.2 Å². The molecule has 0 bridgehead atoms. The molecule has 136 valence electrons. The van der Waals surface area contributed by atoms with Crippen LogP contribution in [0.1, 0.15) is 24.8 Å². The average Bonchev–Trinajstić information content (AvgIpc) is 3.37. The summed E-state index contributed by atoms with van der Waals surface area (Å²) in [6, 6.07) is 3.21. The highest BCUT2D eigenvalue weighted by molar-refractivity contribution is 5.78. The van der Waals surface area contributed by atoms with Gasteiger partial charge in [0, 0.05) is 49.1 Å². The molecule has 1 aromatic carbocycles. The van der Waals surface area contributed by atoms with Gasteiger partial charge < -0.3 is 9.80 Å². The number of hydrogen-bond donors (Lipinski definition) is 1. The summed E-state index contributed by atoms with van der Waals surface area (Å²) in [5, 5.41) is 6.37. The molecule has 1 aromatic heterocycles. The molecule has 0 unspecified atom stereocenters. The molecule has 0 aliphatic carbocycles. The molecule has 3 heterocycles. The van der Waals surface area contributed by atoms with Crippen LogP contribution in [0.3, 0.4) is 0 Å². The lowest BCUT2D eigenvalue weighted by atomic mass is 9.96. The average molecular weight is 358 g/mol. The van der Waals surface area contributed by atoms with Crippen molar-refractivity contribution < 1.29 is 13.6 Å². The van der Waals surface area contributed by atoms with E-state index in [1.807, 2.05) is 11.0 Å². The van der Waals surface area contributed by atoms with Crippen LogP contribution in [0.15, 0.2) is 30.6 Å². The normalized spacial score (nSPS) is 17.5. The Bertz CT molecular complexity index is 841. The lowest BCUT2D eigenvalue weighted by molar-refractivity contribution is 0.167. The molecule has 0 saturated carbocycles. The number of benzene rings is 1. The maximum Gasteiger partial charge on any atom is 0.320 e. The molecular weight excluding hydrogens is 338 g/mol. The molecule has 2 aliphatic heterocycles. The van der Waals surface area contributed by atoms with Crippen LogP contribution < -0.4 is 0 Å². The molecule has 4 rings (SSSR count). The summed E-state index contributed by atoms with van der Waals surface area (Å²) >= 11 is 0. The first-order valence-corrected chi connectivity index (χ1v) is 8.85. The summed E-state index contributed by atoms with van der Waals surface area (Å²) in [5.41, 5.74) is 1.70. The summed E-state index contributed by atoms with van der Waals surface area (Å²) in [5.74, 6) is -1.73. The van der Waals surface area contributed by atoms with Crippen molar-refractivity contribution in [1.82, 2.24) is 20.0 Å². The summed E-state index contributed by atoms with van der Waals surface area (Å²) in [6.45, 7) is 2.56. The summed E-state index contributed by atoms with van der Waals surface area (Å²) < 4.78 is 29.1. The van der Waals surface area contributed by atoms with Gasteiger partial charge in [-0.05, 0) is 24.8 Å². The van der Waals surface area contributed by atoms with Gasteiger partial charge >= 0.3 is 6.03 Å². The molecule has 2 aromatic rings. The summed E-state index contributed by atoms with van der Waals surface area (Å²) in [4.78, 5) is 16.0. The van der Waals surface area contributed by atoms with Crippen molar-refractivity contribution in [3.63, 3.8) is 0 Å². The highest BCUT2D eigenvalue weighted by Crippen LogP contribution is 2.31. The number of amides is 2. The van der Waals surface area contributed by atoms with Crippen molar-refractivity contribution in [1.29, 1.82) is 0 Å². The first-order valence-electron chi connectivity index (χ1n) is 8.85. The summed E-state index contributed by atoms with van der Waals surface area (Å²) in [7, 11) is 0. The zero-order valence-electron chi connectivity index (χ0n) is 14.3. The zero-order valence-corrected chi connectivity index (χ0v) is 14.3. The molecule has 1 saturated heterocycles. The van der Waals surface area contributed by atoms with Gasteiger partial charge in [0.05, 0.1) is 6.20 Å². The van der Waals surface area contributed by atoms with E-state index in [0.29, 0.717) is 25.1 Å². The van der Waals surface area contributed by atoms with E-state index in [1.54, 1.807) is 17.0 Å². The van der Waals surface area contributed by atoms with Gasteiger partial charge in [0.1, 0.15) is 0 Å². The highest BCUT2D eigenvalue weighted by Gasteiger charge is 2.26. The number of carbonyl (C=O) groups is 1. The van der Waals surface area contributed by atoms with Crippen LogP contribution >= 0.6 is 0 Å². The second kappa shape index (κ2) is 6.90. The lowest BCUT2D eigenvalue weighted by Gasteiger charge is -2.30. The van der Waals surface area contributed by atoms with Crippen LogP contribution in [-0.2, 0) is 0 Å². The lowest BCUT2D eigenvalue weighted by Crippen LogP contribution is -2.43. The Morgan fingerprint density at radius 3 is 2.42 bits per heavy atom. The monoisotopic (exact) mass is 358 g/mol. The molecule has 0 radical (unpaired) electrons. The Hall–Kier alpha value is -2.70. The number of aromatic nitrogens is 2. The van der Waals surface area contributed by atoms with Crippen molar-refractivity contribution in [2.24, 2.45) is 0 Å². The quantitative estimate of drug-likeness (QED) is 0.891. The van der Waals surface area contributed by atoms with Crippen molar-refractivity contribution in [3.8, 4) is 11.1 Å². The van der Waals surface area contributed by atoms with E-state index in [2.05, 4.69) is 10.2 Å². The predicted molar refractivity (Wildman–Crippen MR) is 94.3 cm³/mol. The smallest absolute Gasteiger partial charge is 0.320 e.